The number of rotatable bonds is 5. The Morgan fingerprint density at radius 3 is 1.33 bits per heavy atom. The van der Waals surface area contributed by atoms with E-state index >= 15 is 0 Å². The van der Waals surface area contributed by atoms with Crippen molar-refractivity contribution in [2.24, 2.45) is 0 Å². The molecule has 0 unspecified atom stereocenters. The van der Waals surface area contributed by atoms with Gasteiger partial charge >= 0.3 is 0 Å². The number of nitrogens with zero attached hydrogens (tertiary/aromatic N) is 5. The van der Waals surface area contributed by atoms with Crippen molar-refractivity contribution >= 4 is 38.9 Å². The summed E-state index contributed by atoms with van der Waals surface area (Å²) in [6, 6.07) is 40.8. The predicted octanol–water partition coefficient (Wildman–Crippen LogP) is 10.4. The summed E-state index contributed by atoms with van der Waals surface area (Å²) >= 11 is 0. The van der Waals surface area contributed by atoms with Gasteiger partial charge in [0.15, 0.2) is 0 Å². The van der Waals surface area contributed by atoms with Gasteiger partial charge < -0.3 is 4.90 Å². The maximum absolute atomic E-state index is 4.88. The molecule has 0 aliphatic carbocycles. The third kappa shape index (κ3) is 5.62. The van der Waals surface area contributed by atoms with Crippen LogP contribution < -0.4 is 4.90 Å². The van der Waals surface area contributed by atoms with E-state index in [-0.39, 0.29) is 10.8 Å². The van der Waals surface area contributed by atoms with E-state index in [1.807, 2.05) is 21.5 Å². The van der Waals surface area contributed by atoms with Crippen LogP contribution in [0.5, 0.6) is 0 Å². The molecule has 2 aromatic heterocycles. The predicted molar refractivity (Wildman–Crippen MR) is 188 cm³/mol. The molecule has 5 heteroatoms. The minimum atomic E-state index is -0.0181. The van der Waals surface area contributed by atoms with E-state index in [0.717, 1.165) is 50.2 Å². The van der Waals surface area contributed by atoms with E-state index in [1.54, 1.807) is 0 Å². The summed E-state index contributed by atoms with van der Waals surface area (Å²) < 4.78 is 3.95. The maximum Gasteiger partial charge on any atom is 0.0927 e. The zero-order valence-electron chi connectivity index (χ0n) is 26.9. The molecule has 0 saturated heterocycles. The van der Waals surface area contributed by atoms with Gasteiger partial charge in [0.05, 0.1) is 22.4 Å². The lowest BCUT2D eigenvalue weighted by molar-refractivity contribution is 0.569. The third-order valence-corrected chi connectivity index (χ3v) is 8.44. The van der Waals surface area contributed by atoms with Gasteiger partial charge in [-0.05, 0) is 82.6 Å². The minimum absolute atomic E-state index is 0.0181. The summed E-state index contributed by atoms with van der Waals surface area (Å²) in [4.78, 5) is 2.36. The lowest BCUT2D eigenvalue weighted by Gasteiger charge is -2.31. The van der Waals surface area contributed by atoms with Crippen molar-refractivity contribution in [2.45, 2.75) is 52.4 Å². The van der Waals surface area contributed by atoms with Gasteiger partial charge in [-0.25, -0.2) is 9.36 Å². The van der Waals surface area contributed by atoms with Gasteiger partial charge in [-0.15, -0.1) is 0 Å². The van der Waals surface area contributed by atoms with Crippen molar-refractivity contribution in [1.29, 1.82) is 0 Å². The molecule has 0 fully saturated rings. The number of anilines is 3. The van der Waals surface area contributed by atoms with Crippen molar-refractivity contribution in [3.8, 4) is 11.4 Å². The van der Waals surface area contributed by atoms with Crippen LogP contribution in [-0.4, -0.2) is 19.6 Å². The van der Waals surface area contributed by atoms with Crippen LogP contribution in [0.25, 0.3) is 33.2 Å². The van der Waals surface area contributed by atoms with Gasteiger partial charge in [0, 0.05) is 40.2 Å². The van der Waals surface area contributed by atoms with Gasteiger partial charge in [0.1, 0.15) is 0 Å². The Bertz CT molecular complexity index is 1940. The molecule has 224 valence electrons. The van der Waals surface area contributed by atoms with Crippen molar-refractivity contribution < 1.29 is 0 Å². The fourth-order valence-corrected chi connectivity index (χ4v) is 5.80. The van der Waals surface area contributed by atoms with E-state index in [9.17, 15) is 0 Å². The molecule has 0 N–H and O–H groups in total. The van der Waals surface area contributed by atoms with Crippen LogP contribution in [-0.2, 0) is 10.8 Å². The molecule has 0 radical (unpaired) electrons. The normalized spacial score (nSPS) is 12.2. The summed E-state index contributed by atoms with van der Waals surface area (Å²) in [5.74, 6) is 0. The molecule has 0 atom stereocenters. The second kappa shape index (κ2) is 10.8. The first-order valence-corrected chi connectivity index (χ1v) is 15.6. The first kappa shape index (κ1) is 28.6. The first-order chi connectivity index (χ1) is 21.5. The Labute approximate surface area is 265 Å². The number of hydrogen-bond acceptors (Lipinski definition) is 3. The van der Waals surface area contributed by atoms with Crippen LogP contribution in [0.1, 0.15) is 52.7 Å². The largest absolute Gasteiger partial charge is 0.310 e. The minimum Gasteiger partial charge on any atom is -0.310 e. The van der Waals surface area contributed by atoms with Gasteiger partial charge in [-0.1, -0.05) is 96.1 Å². The Kier molecular flexibility index (Phi) is 6.85. The smallest absolute Gasteiger partial charge is 0.0927 e. The number of benzene rings is 5. The van der Waals surface area contributed by atoms with Crippen LogP contribution in [0, 0.1) is 0 Å². The third-order valence-electron chi connectivity index (χ3n) is 8.44. The van der Waals surface area contributed by atoms with Gasteiger partial charge in [-0.3, -0.25) is 0 Å². The van der Waals surface area contributed by atoms with Gasteiger partial charge in [-0.2, -0.15) is 10.2 Å². The van der Waals surface area contributed by atoms with Crippen LogP contribution in [0.15, 0.2) is 128 Å². The summed E-state index contributed by atoms with van der Waals surface area (Å²) in [6.07, 6.45) is 4.19. The fourth-order valence-electron chi connectivity index (χ4n) is 5.80. The van der Waals surface area contributed by atoms with Crippen LogP contribution in [0.3, 0.4) is 0 Å². The van der Waals surface area contributed by atoms with Crippen molar-refractivity contribution in [1.82, 2.24) is 19.6 Å². The number of fused-ring (bicyclic) bond motifs is 2. The molecule has 7 aromatic rings. The van der Waals surface area contributed by atoms with Gasteiger partial charge in [0.25, 0.3) is 0 Å². The van der Waals surface area contributed by atoms with Crippen LogP contribution in [0.4, 0.5) is 17.1 Å². The molecule has 0 aliphatic heterocycles. The monoisotopic (exact) mass is 589 g/mol. The molecule has 0 bridgehead atoms. The summed E-state index contributed by atoms with van der Waals surface area (Å²) in [6.45, 7) is 13.7. The molecule has 5 aromatic carbocycles. The van der Waals surface area contributed by atoms with Crippen LogP contribution in [0.2, 0.25) is 0 Å². The number of hydrogen-bond donors (Lipinski definition) is 0. The van der Waals surface area contributed by atoms with E-state index < -0.39 is 0 Å². The summed E-state index contributed by atoms with van der Waals surface area (Å²) in [7, 11) is 0. The lowest BCUT2D eigenvalue weighted by Crippen LogP contribution is -2.19. The van der Waals surface area contributed by atoms with Crippen molar-refractivity contribution in [3.05, 3.63) is 139 Å². The Balaban J connectivity index is 1.43. The molecule has 0 amide bonds. The quantitative estimate of drug-likeness (QED) is 0.200. The molecule has 2 heterocycles. The molecule has 0 spiro atoms. The first-order valence-electron chi connectivity index (χ1n) is 15.6. The average Bonchev–Trinajstić information content (AvgIpc) is 3.66. The Morgan fingerprint density at radius 1 is 0.467 bits per heavy atom. The molecule has 5 nitrogen and oxygen atoms in total. The zero-order chi connectivity index (χ0) is 31.3. The maximum atomic E-state index is 4.88. The zero-order valence-corrected chi connectivity index (χ0v) is 26.9. The standard InChI is InChI=1S/C40H39N5/c1-39(2,3)30-21-31(40(4,5)6)23-36(22-30)45(34-17-11-15-32(24-34)43-26-28-13-7-9-19-37(28)41-43)35-18-12-16-33(25-35)44-27-29-14-8-10-20-38(29)42-44/h7-27H,1-6H3. The Morgan fingerprint density at radius 2 is 0.911 bits per heavy atom. The number of aromatic nitrogens is 4. The summed E-state index contributed by atoms with van der Waals surface area (Å²) in [5.41, 5.74) is 9.78. The molecule has 0 aliphatic rings. The molecular formula is C40H39N5. The fraction of sp³-hybridized carbons (Fsp3) is 0.200. The molecule has 45 heavy (non-hydrogen) atoms. The highest BCUT2D eigenvalue weighted by molar-refractivity contribution is 5.82. The Hall–Kier alpha value is -5.16. The molecular weight excluding hydrogens is 550 g/mol. The van der Waals surface area contributed by atoms with Crippen molar-refractivity contribution in [2.75, 3.05) is 4.90 Å². The lowest BCUT2D eigenvalue weighted by atomic mass is 9.80. The van der Waals surface area contributed by atoms with E-state index in [1.165, 1.54) is 11.1 Å². The second-order valence-corrected chi connectivity index (χ2v) is 13.9. The highest BCUT2D eigenvalue weighted by Crippen LogP contribution is 2.41. The summed E-state index contributed by atoms with van der Waals surface area (Å²) in [5, 5.41) is 12.0. The second-order valence-electron chi connectivity index (χ2n) is 13.9. The topological polar surface area (TPSA) is 38.9 Å². The van der Waals surface area contributed by atoms with Crippen LogP contribution >= 0.6 is 0 Å². The van der Waals surface area contributed by atoms with Crippen molar-refractivity contribution in [3.63, 3.8) is 0 Å². The van der Waals surface area contributed by atoms with E-state index in [0.29, 0.717) is 0 Å². The highest BCUT2D eigenvalue weighted by Gasteiger charge is 2.24. The average molecular weight is 590 g/mol. The van der Waals surface area contributed by atoms with Gasteiger partial charge in [0.2, 0.25) is 0 Å². The van der Waals surface area contributed by atoms with E-state index in [2.05, 4.69) is 162 Å². The highest BCUT2D eigenvalue weighted by atomic mass is 15.3. The van der Waals surface area contributed by atoms with E-state index in [4.69, 9.17) is 10.2 Å². The molecule has 0 saturated carbocycles. The molecule has 7 rings (SSSR count). The SMILES string of the molecule is CC(C)(C)c1cc(N(c2cccc(-n3cc4ccccc4n3)c2)c2cccc(-n3cc4ccccc4n3)c2)cc(C(C)(C)C)c1.